The maximum absolute atomic E-state index is 12.8. The Morgan fingerprint density at radius 2 is 2.12 bits per heavy atom. The molecule has 0 spiro atoms. The molecule has 1 N–H and O–H groups in total. The van der Waals surface area contributed by atoms with Crippen molar-refractivity contribution in [3.05, 3.63) is 42.0 Å². The third kappa shape index (κ3) is 4.09. The summed E-state index contributed by atoms with van der Waals surface area (Å²) in [6.45, 7) is 2.48. The van der Waals surface area contributed by atoms with Crippen molar-refractivity contribution in [2.45, 2.75) is 11.3 Å². The Labute approximate surface area is 152 Å². The van der Waals surface area contributed by atoms with E-state index < -0.39 is 10.0 Å². The quantitative estimate of drug-likeness (QED) is 0.751. The lowest BCUT2D eigenvalue weighted by Crippen LogP contribution is -2.46. The number of nitrogens with one attached hydrogen (secondary N) is 1. The fraction of sp³-hybridized carbons (Fsp3) is 0.438. The van der Waals surface area contributed by atoms with Crippen molar-refractivity contribution < 1.29 is 17.7 Å². The van der Waals surface area contributed by atoms with E-state index in [4.69, 9.17) is 0 Å². The maximum atomic E-state index is 12.8. The van der Waals surface area contributed by atoms with Gasteiger partial charge in [-0.2, -0.15) is 9.29 Å². The average molecular weight is 379 g/mol. The summed E-state index contributed by atoms with van der Waals surface area (Å²) < 4.78 is 31.6. The second kappa shape index (κ2) is 7.94. The minimum Gasteiger partial charge on any atom is -0.343 e. The predicted octanol–water partition coefficient (Wildman–Crippen LogP) is -0.0218. The van der Waals surface area contributed by atoms with E-state index in [0.29, 0.717) is 50.5 Å². The second-order valence-electron chi connectivity index (χ2n) is 6.01. The number of nitrogens with zero attached hydrogens (tertiary/aromatic N) is 4. The van der Waals surface area contributed by atoms with Gasteiger partial charge in [-0.05, 0) is 18.2 Å². The lowest BCUT2D eigenvalue weighted by atomic mass is 10.2. The number of hydrogen-bond acceptors (Lipinski definition) is 7. The van der Waals surface area contributed by atoms with Gasteiger partial charge in [-0.25, -0.2) is 8.42 Å². The molecule has 0 atom stereocenters. The van der Waals surface area contributed by atoms with Gasteiger partial charge in [-0.1, -0.05) is 11.2 Å². The highest BCUT2D eigenvalue weighted by atomic mass is 32.2. The van der Waals surface area contributed by atoms with Gasteiger partial charge in [0.15, 0.2) is 5.82 Å². The number of likely N-dealkylation sites (N-methyl/N-ethyl adjacent to an activating group) is 1. The lowest BCUT2D eigenvalue weighted by Gasteiger charge is -2.26. The standard InChI is InChI=1S/C16H21N5O4S/c1-20(8-5-15-18-12-25-19-15)16(22)13-3-2-4-14(11-13)26(23,24)21-9-6-17-7-10-21/h2-4,11-12,17H,5-10H2,1H3. The number of amides is 1. The molecule has 0 bridgehead atoms. The zero-order chi connectivity index (χ0) is 18.6. The third-order valence-electron chi connectivity index (χ3n) is 4.22. The van der Waals surface area contributed by atoms with Gasteiger partial charge in [-0.15, -0.1) is 0 Å². The first-order chi connectivity index (χ1) is 12.5. The highest BCUT2D eigenvalue weighted by Gasteiger charge is 2.26. The molecule has 1 aliphatic rings. The van der Waals surface area contributed by atoms with Crippen LogP contribution in [0, 0.1) is 0 Å². The zero-order valence-electron chi connectivity index (χ0n) is 14.5. The van der Waals surface area contributed by atoms with E-state index in [-0.39, 0.29) is 10.8 Å². The van der Waals surface area contributed by atoms with E-state index >= 15 is 0 Å². The molecule has 1 aromatic carbocycles. The number of sulfonamides is 1. The van der Waals surface area contributed by atoms with Crippen LogP contribution in [-0.2, 0) is 16.4 Å². The summed E-state index contributed by atoms with van der Waals surface area (Å²) in [6, 6.07) is 6.16. The van der Waals surface area contributed by atoms with Crippen molar-refractivity contribution in [2.75, 3.05) is 39.8 Å². The number of carbonyl (C=O) groups is 1. The van der Waals surface area contributed by atoms with Crippen LogP contribution < -0.4 is 5.32 Å². The molecule has 3 rings (SSSR count). The molecule has 1 saturated heterocycles. The summed E-state index contributed by atoms with van der Waals surface area (Å²) in [6.07, 6.45) is 1.69. The van der Waals surface area contributed by atoms with Crippen LogP contribution in [0.15, 0.2) is 40.1 Å². The number of carbonyl (C=O) groups excluding carboxylic acids is 1. The molecule has 1 fully saturated rings. The number of benzene rings is 1. The zero-order valence-corrected chi connectivity index (χ0v) is 15.3. The van der Waals surface area contributed by atoms with E-state index in [9.17, 15) is 13.2 Å². The monoisotopic (exact) mass is 379 g/mol. The van der Waals surface area contributed by atoms with Gasteiger partial charge in [0, 0.05) is 51.8 Å². The van der Waals surface area contributed by atoms with Crippen LogP contribution in [-0.4, -0.2) is 73.4 Å². The lowest BCUT2D eigenvalue weighted by molar-refractivity contribution is 0.0795. The van der Waals surface area contributed by atoms with Crippen LogP contribution in [0.25, 0.3) is 0 Å². The van der Waals surface area contributed by atoms with E-state index in [1.54, 1.807) is 19.2 Å². The SMILES string of the molecule is CN(CCc1ncon1)C(=O)c1cccc(S(=O)(=O)N2CCNCC2)c1. The van der Waals surface area contributed by atoms with Gasteiger partial charge < -0.3 is 14.7 Å². The van der Waals surface area contributed by atoms with Crippen LogP contribution in [0.5, 0.6) is 0 Å². The minimum absolute atomic E-state index is 0.136. The van der Waals surface area contributed by atoms with E-state index in [1.807, 2.05) is 0 Å². The number of aromatic nitrogens is 2. The van der Waals surface area contributed by atoms with Crippen LogP contribution in [0.3, 0.4) is 0 Å². The van der Waals surface area contributed by atoms with Crippen molar-refractivity contribution in [1.29, 1.82) is 0 Å². The summed E-state index contributed by atoms with van der Waals surface area (Å²) in [7, 11) is -1.95. The molecule has 9 nitrogen and oxygen atoms in total. The first-order valence-electron chi connectivity index (χ1n) is 8.30. The molecule has 0 unspecified atom stereocenters. The Balaban J connectivity index is 1.72. The Kier molecular flexibility index (Phi) is 5.64. The molecule has 0 saturated carbocycles. The Morgan fingerprint density at radius 1 is 1.35 bits per heavy atom. The van der Waals surface area contributed by atoms with Crippen molar-refractivity contribution >= 4 is 15.9 Å². The van der Waals surface area contributed by atoms with E-state index in [1.165, 1.54) is 27.7 Å². The molecule has 0 radical (unpaired) electrons. The summed E-state index contributed by atoms with van der Waals surface area (Å²) >= 11 is 0. The van der Waals surface area contributed by atoms with Crippen molar-refractivity contribution in [3.8, 4) is 0 Å². The van der Waals surface area contributed by atoms with Crippen LogP contribution in [0.2, 0.25) is 0 Å². The molecule has 1 aromatic heterocycles. The van der Waals surface area contributed by atoms with Crippen LogP contribution in [0.1, 0.15) is 16.2 Å². The van der Waals surface area contributed by atoms with Gasteiger partial charge in [0.2, 0.25) is 16.4 Å². The van der Waals surface area contributed by atoms with Crippen molar-refractivity contribution in [2.24, 2.45) is 0 Å². The topological polar surface area (TPSA) is 109 Å². The highest BCUT2D eigenvalue weighted by Crippen LogP contribution is 2.18. The predicted molar refractivity (Wildman–Crippen MR) is 93.0 cm³/mol. The Bertz CT molecular complexity index is 847. The smallest absolute Gasteiger partial charge is 0.253 e. The fourth-order valence-corrected chi connectivity index (χ4v) is 4.20. The Hall–Kier alpha value is -2.30. The molecule has 1 amide bonds. The molecule has 0 aliphatic carbocycles. The van der Waals surface area contributed by atoms with Gasteiger partial charge in [0.05, 0.1) is 4.90 Å². The minimum atomic E-state index is -3.60. The van der Waals surface area contributed by atoms with Gasteiger partial charge in [0.1, 0.15) is 0 Å². The first-order valence-corrected chi connectivity index (χ1v) is 9.74. The van der Waals surface area contributed by atoms with Gasteiger partial charge in [-0.3, -0.25) is 4.79 Å². The summed E-state index contributed by atoms with van der Waals surface area (Å²) in [5.41, 5.74) is 0.330. The second-order valence-corrected chi connectivity index (χ2v) is 7.94. The van der Waals surface area contributed by atoms with E-state index in [0.717, 1.165) is 0 Å². The molecule has 140 valence electrons. The number of hydrogen-bond donors (Lipinski definition) is 1. The van der Waals surface area contributed by atoms with Crippen LogP contribution >= 0.6 is 0 Å². The summed E-state index contributed by atoms with van der Waals surface area (Å²) in [5.74, 6) is 0.255. The first kappa shape index (κ1) is 18.5. The Morgan fingerprint density at radius 3 is 2.81 bits per heavy atom. The molecule has 2 aromatic rings. The molecule has 2 heterocycles. The molecular formula is C16H21N5O4S. The molecule has 10 heteroatoms. The van der Waals surface area contributed by atoms with Crippen LogP contribution in [0.4, 0.5) is 0 Å². The molecule has 26 heavy (non-hydrogen) atoms. The van der Waals surface area contributed by atoms with E-state index in [2.05, 4.69) is 20.0 Å². The van der Waals surface area contributed by atoms with Crippen molar-refractivity contribution in [3.63, 3.8) is 0 Å². The largest absolute Gasteiger partial charge is 0.343 e. The number of piperazine rings is 1. The molecular weight excluding hydrogens is 358 g/mol. The number of rotatable bonds is 6. The normalized spacial score (nSPS) is 15.7. The average Bonchev–Trinajstić information content (AvgIpc) is 3.20. The third-order valence-corrected chi connectivity index (χ3v) is 6.11. The van der Waals surface area contributed by atoms with Crippen molar-refractivity contribution in [1.82, 2.24) is 24.7 Å². The summed E-state index contributed by atoms with van der Waals surface area (Å²) in [4.78, 5) is 18.2. The van der Waals surface area contributed by atoms with Gasteiger partial charge in [0.25, 0.3) is 5.91 Å². The summed E-state index contributed by atoms with van der Waals surface area (Å²) in [5, 5.41) is 6.83. The maximum Gasteiger partial charge on any atom is 0.253 e. The highest BCUT2D eigenvalue weighted by molar-refractivity contribution is 7.89. The fourth-order valence-electron chi connectivity index (χ4n) is 2.72. The van der Waals surface area contributed by atoms with Gasteiger partial charge >= 0.3 is 0 Å². The molecule has 1 aliphatic heterocycles.